The first-order chi connectivity index (χ1) is 8.30. The molecule has 0 aliphatic carbocycles. The summed E-state index contributed by atoms with van der Waals surface area (Å²) < 4.78 is 24.1. The van der Waals surface area contributed by atoms with Crippen LogP contribution in [0.15, 0.2) is 22.7 Å². The smallest absolute Gasteiger partial charge is 0.152 e. The van der Waals surface area contributed by atoms with Crippen molar-refractivity contribution in [2.45, 2.75) is 32.4 Å². The first-order valence-corrected chi connectivity index (χ1v) is 8.62. The third kappa shape index (κ3) is 3.33. The molecule has 1 atom stereocenters. The van der Waals surface area contributed by atoms with E-state index in [0.29, 0.717) is 18.7 Å². The first-order valence-electron chi connectivity index (χ1n) is 6.00. The van der Waals surface area contributed by atoms with Gasteiger partial charge in [0.25, 0.3) is 0 Å². The van der Waals surface area contributed by atoms with E-state index in [0.717, 1.165) is 10.0 Å². The SMILES string of the molecule is Cc1ccc(CNC2(C)CCS(=O)(=O)C2)cc1Br. The second-order valence-electron chi connectivity index (χ2n) is 5.34. The summed E-state index contributed by atoms with van der Waals surface area (Å²) in [5, 5.41) is 3.38. The lowest BCUT2D eigenvalue weighted by Gasteiger charge is -2.24. The molecule has 0 radical (unpaired) electrons. The topological polar surface area (TPSA) is 46.2 Å². The van der Waals surface area contributed by atoms with Gasteiger partial charge in [-0.2, -0.15) is 0 Å². The van der Waals surface area contributed by atoms with Gasteiger partial charge in [0.2, 0.25) is 0 Å². The van der Waals surface area contributed by atoms with Crippen molar-refractivity contribution < 1.29 is 8.42 Å². The minimum atomic E-state index is -2.84. The van der Waals surface area contributed by atoms with Crippen molar-refractivity contribution in [3.05, 3.63) is 33.8 Å². The fraction of sp³-hybridized carbons (Fsp3) is 0.538. The Labute approximate surface area is 117 Å². The molecule has 0 spiro atoms. The van der Waals surface area contributed by atoms with Crippen LogP contribution in [0.25, 0.3) is 0 Å². The van der Waals surface area contributed by atoms with Crippen LogP contribution in [0.1, 0.15) is 24.5 Å². The molecule has 1 saturated heterocycles. The summed E-state index contributed by atoms with van der Waals surface area (Å²) in [4.78, 5) is 0. The number of aryl methyl sites for hydroxylation is 1. The van der Waals surface area contributed by atoms with Crippen LogP contribution in [0.3, 0.4) is 0 Å². The lowest BCUT2D eigenvalue weighted by molar-refractivity contribution is 0.395. The van der Waals surface area contributed by atoms with E-state index in [1.165, 1.54) is 5.56 Å². The van der Waals surface area contributed by atoms with Gasteiger partial charge in [-0.15, -0.1) is 0 Å². The molecular weight excluding hydrogens is 314 g/mol. The van der Waals surface area contributed by atoms with Crippen LogP contribution in [0.2, 0.25) is 0 Å². The summed E-state index contributed by atoms with van der Waals surface area (Å²) >= 11 is 3.51. The second kappa shape index (κ2) is 4.94. The van der Waals surface area contributed by atoms with Gasteiger partial charge in [-0.05, 0) is 37.5 Å². The second-order valence-corrected chi connectivity index (χ2v) is 8.38. The van der Waals surface area contributed by atoms with E-state index in [4.69, 9.17) is 0 Å². The minimum Gasteiger partial charge on any atom is -0.306 e. The van der Waals surface area contributed by atoms with Crippen LogP contribution in [-0.4, -0.2) is 25.5 Å². The van der Waals surface area contributed by atoms with Crippen LogP contribution < -0.4 is 5.32 Å². The van der Waals surface area contributed by atoms with Crippen molar-refractivity contribution in [1.82, 2.24) is 5.32 Å². The standard InChI is InChI=1S/C13H18BrNO2S/c1-10-3-4-11(7-12(10)14)8-15-13(2)5-6-18(16,17)9-13/h3-4,7,15H,5-6,8-9H2,1-2H3. The Morgan fingerprint density at radius 3 is 2.72 bits per heavy atom. The van der Waals surface area contributed by atoms with Gasteiger partial charge in [0.15, 0.2) is 9.84 Å². The van der Waals surface area contributed by atoms with Gasteiger partial charge in [0.1, 0.15) is 0 Å². The molecule has 0 amide bonds. The van der Waals surface area contributed by atoms with E-state index in [2.05, 4.69) is 39.4 Å². The number of sulfone groups is 1. The van der Waals surface area contributed by atoms with Crippen molar-refractivity contribution in [1.29, 1.82) is 0 Å². The Hall–Kier alpha value is -0.390. The summed E-state index contributed by atoms with van der Waals surface area (Å²) in [6, 6.07) is 6.21. The predicted octanol–water partition coefficient (Wildman–Crippen LogP) is 2.42. The van der Waals surface area contributed by atoms with Gasteiger partial charge in [-0.1, -0.05) is 28.1 Å². The molecule has 1 aromatic rings. The van der Waals surface area contributed by atoms with E-state index in [1.54, 1.807) is 0 Å². The average molecular weight is 332 g/mol. The average Bonchev–Trinajstić information content (AvgIpc) is 2.56. The Morgan fingerprint density at radius 1 is 1.44 bits per heavy atom. The Kier molecular flexibility index (Phi) is 3.85. The van der Waals surface area contributed by atoms with Crippen molar-refractivity contribution in [3.63, 3.8) is 0 Å². The van der Waals surface area contributed by atoms with E-state index in [-0.39, 0.29) is 11.3 Å². The molecule has 3 nitrogen and oxygen atoms in total. The van der Waals surface area contributed by atoms with Gasteiger partial charge in [-0.25, -0.2) is 8.42 Å². The van der Waals surface area contributed by atoms with E-state index >= 15 is 0 Å². The molecule has 1 unspecified atom stereocenters. The summed E-state index contributed by atoms with van der Waals surface area (Å²) in [6.07, 6.45) is 0.697. The highest BCUT2D eigenvalue weighted by Crippen LogP contribution is 2.24. The minimum absolute atomic E-state index is 0.243. The highest BCUT2D eigenvalue weighted by atomic mass is 79.9. The molecule has 1 N–H and O–H groups in total. The van der Waals surface area contributed by atoms with Crippen LogP contribution in [0, 0.1) is 6.92 Å². The van der Waals surface area contributed by atoms with E-state index < -0.39 is 9.84 Å². The normalized spacial score (nSPS) is 26.4. The largest absolute Gasteiger partial charge is 0.306 e. The highest BCUT2D eigenvalue weighted by Gasteiger charge is 2.37. The monoisotopic (exact) mass is 331 g/mol. The highest BCUT2D eigenvalue weighted by molar-refractivity contribution is 9.10. The van der Waals surface area contributed by atoms with Crippen molar-refractivity contribution in [2.75, 3.05) is 11.5 Å². The predicted molar refractivity (Wildman–Crippen MR) is 77.4 cm³/mol. The van der Waals surface area contributed by atoms with Crippen LogP contribution >= 0.6 is 15.9 Å². The molecule has 0 saturated carbocycles. The summed E-state index contributed by atoms with van der Waals surface area (Å²) in [6.45, 7) is 4.73. The molecule has 0 aromatic heterocycles. The molecule has 1 fully saturated rings. The maximum atomic E-state index is 11.5. The third-order valence-electron chi connectivity index (χ3n) is 3.46. The number of rotatable bonds is 3. The first kappa shape index (κ1) is 14.0. The molecule has 2 rings (SSSR count). The van der Waals surface area contributed by atoms with Crippen LogP contribution in [0.4, 0.5) is 0 Å². The van der Waals surface area contributed by atoms with Gasteiger partial charge in [0.05, 0.1) is 11.5 Å². The molecule has 18 heavy (non-hydrogen) atoms. The fourth-order valence-electron chi connectivity index (χ4n) is 2.21. The van der Waals surface area contributed by atoms with Crippen LogP contribution in [-0.2, 0) is 16.4 Å². The van der Waals surface area contributed by atoms with Crippen molar-refractivity contribution >= 4 is 25.8 Å². The molecule has 1 aromatic carbocycles. The van der Waals surface area contributed by atoms with Gasteiger partial charge in [0, 0.05) is 16.6 Å². The van der Waals surface area contributed by atoms with Crippen molar-refractivity contribution in [2.24, 2.45) is 0 Å². The van der Waals surface area contributed by atoms with Crippen LogP contribution in [0.5, 0.6) is 0 Å². The molecule has 5 heteroatoms. The maximum Gasteiger partial charge on any atom is 0.152 e. The lowest BCUT2D eigenvalue weighted by atomic mass is 10.0. The number of hydrogen-bond donors (Lipinski definition) is 1. The molecule has 1 heterocycles. The van der Waals surface area contributed by atoms with E-state index in [1.807, 2.05) is 13.8 Å². The molecular formula is C13H18BrNO2S. The Balaban J connectivity index is 2.02. The summed E-state index contributed by atoms with van der Waals surface area (Å²) in [5.41, 5.74) is 2.09. The molecule has 0 bridgehead atoms. The lowest BCUT2D eigenvalue weighted by Crippen LogP contribution is -2.42. The summed E-state index contributed by atoms with van der Waals surface area (Å²) in [5.74, 6) is 0.543. The zero-order chi connectivity index (χ0) is 13.4. The zero-order valence-electron chi connectivity index (χ0n) is 10.7. The maximum absolute atomic E-state index is 11.5. The molecule has 100 valence electrons. The van der Waals surface area contributed by atoms with Gasteiger partial charge in [-0.3, -0.25) is 0 Å². The van der Waals surface area contributed by atoms with E-state index in [9.17, 15) is 8.42 Å². The third-order valence-corrected chi connectivity index (χ3v) is 6.22. The number of hydrogen-bond acceptors (Lipinski definition) is 3. The van der Waals surface area contributed by atoms with Gasteiger partial charge >= 0.3 is 0 Å². The fourth-order valence-corrected chi connectivity index (χ4v) is 4.76. The summed E-state index contributed by atoms with van der Waals surface area (Å²) in [7, 11) is -2.84. The van der Waals surface area contributed by atoms with Crippen molar-refractivity contribution in [3.8, 4) is 0 Å². The zero-order valence-corrected chi connectivity index (χ0v) is 13.1. The quantitative estimate of drug-likeness (QED) is 0.925. The Morgan fingerprint density at radius 2 is 2.17 bits per heavy atom. The molecule has 1 aliphatic rings. The Bertz CT molecular complexity index is 556. The number of halogens is 1. The van der Waals surface area contributed by atoms with Gasteiger partial charge < -0.3 is 5.32 Å². The number of benzene rings is 1. The molecule has 1 aliphatic heterocycles. The number of nitrogens with one attached hydrogen (secondary N) is 1.